The molecule has 0 spiro atoms. The Bertz CT molecular complexity index is 156. The Morgan fingerprint density at radius 2 is 2.09 bits per heavy atom. The number of nitrogens with one attached hydrogen (secondary N) is 1. The van der Waals surface area contributed by atoms with Crippen molar-refractivity contribution in [3.05, 3.63) is 0 Å². The number of carbonyl (C=O) groups is 2. The highest BCUT2D eigenvalue weighted by molar-refractivity contribution is 5.85. The van der Waals surface area contributed by atoms with Crippen molar-refractivity contribution in [2.24, 2.45) is 0 Å². The van der Waals surface area contributed by atoms with Crippen molar-refractivity contribution in [2.75, 3.05) is 7.11 Å². The molecule has 64 valence electrons. The molecule has 0 aromatic carbocycles. The van der Waals surface area contributed by atoms with Gasteiger partial charge in [0.05, 0.1) is 13.2 Å². The van der Waals surface area contributed by atoms with Gasteiger partial charge in [0, 0.05) is 0 Å². The van der Waals surface area contributed by atoms with Gasteiger partial charge < -0.3 is 10.1 Å². The maximum absolute atomic E-state index is 10.8. The molecule has 4 heteroatoms. The SMILES string of the molecule is CC[C@H](NC(=O)OC)C(C)=O. The number of hydrogen-bond donors (Lipinski definition) is 1. The highest BCUT2D eigenvalue weighted by Crippen LogP contribution is 1.92. The minimum Gasteiger partial charge on any atom is -0.453 e. The second-order valence-electron chi connectivity index (χ2n) is 2.21. The summed E-state index contributed by atoms with van der Waals surface area (Å²) < 4.78 is 4.33. The molecule has 0 aromatic rings. The van der Waals surface area contributed by atoms with Crippen molar-refractivity contribution >= 4 is 11.9 Å². The zero-order chi connectivity index (χ0) is 8.85. The van der Waals surface area contributed by atoms with E-state index in [0.29, 0.717) is 6.42 Å². The molecule has 0 heterocycles. The van der Waals surface area contributed by atoms with Gasteiger partial charge in [-0.25, -0.2) is 4.79 Å². The molecule has 0 aliphatic heterocycles. The van der Waals surface area contributed by atoms with Gasteiger partial charge in [-0.15, -0.1) is 0 Å². The Kier molecular flexibility index (Phi) is 4.26. The van der Waals surface area contributed by atoms with Gasteiger partial charge in [-0.3, -0.25) is 4.79 Å². The first-order valence-corrected chi connectivity index (χ1v) is 3.46. The maximum Gasteiger partial charge on any atom is 0.407 e. The Balaban J connectivity index is 3.88. The van der Waals surface area contributed by atoms with E-state index in [1.54, 1.807) is 0 Å². The topological polar surface area (TPSA) is 55.4 Å². The maximum atomic E-state index is 10.8. The monoisotopic (exact) mass is 159 g/mol. The van der Waals surface area contributed by atoms with Crippen LogP contribution in [0.2, 0.25) is 0 Å². The Hall–Kier alpha value is -1.06. The van der Waals surface area contributed by atoms with Gasteiger partial charge in [-0.2, -0.15) is 0 Å². The summed E-state index contributed by atoms with van der Waals surface area (Å²) in [5, 5.41) is 2.41. The van der Waals surface area contributed by atoms with E-state index >= 15 is 0 Å². The first-order chi connectivity index (χ1) is 5.11. The quantitative estimate of drug-likeness (QED) is 0.659. The van der Waals surface area contributed by atoms with E-state index in [4.69, 9.17) is 0 Å². The molecule has 1 N–H and O–H groups in total. The van der Waals surface area contributed by atoms with E-state index in [-0.39, 0.29) is 5.78 Å². The van der Waals surface area contributed by atoms with Crippen LogP contribution in [0, 0.1) is 0 Å². The smallest absolute Gasteiger partial charge is 0.407 e. The first-order valence-electron chi connectivity index (χ1n) is 3.46. The lowest BCUT2D eigenvalue weighted by Crippen LogP contribution is -2.39. The average molecular weight is 159 g/mol. The van der Waals surface area contributed by atoms with Crippen LogP contribution in [0.3, 0.4) is 0 Å². The molecule has 0 unspecified atom stereocenters. The van der Waals surface area contributed by atoms with Gasteiger partial charge >= 0.3 is 6.09 Å². The Morgan fingerprint density at radius 1 is 1.55 bits per heavy atom. The summed E-state index contributed by atoms with van der Waals surface area (Å²) in [5.74, 6) is -0.0575. The van der Waals surface area contributed by atoms with Gasteiger partial charge in [0.15, 0.2) is 5.78 Å². The van der Waals surface area contributed by atoms with Crippen LogP contribution < -0.4 is 5.32 Å². The van der Waals surface area contributed by atoms with Crippen molar-refractivity contribution < 1.29 is 14.3 Å². The molecule has 0 aromatic heterocycles. The van der Waals surface area contributed by atoms with E-state index < -0.39 is 12.1 Å². The van der Waals surface area contributed by atoms with E-state index in [9.17, 15) is 9.59 Å². The molecule has 0 radical (unpaired) electrons. The van der Waals surface area contributed by atoms with Gasteiger partial charge in [-0.1, -0.05) is 6.92 Å². The molecule has 1 atom stereocenters. The molecular weight excluding hydrogens is 146 g/mol. The van der Waals surface area contributed by atoms with Crippen LogP contribution in [0.5, 0.6) is 0 Å². The molecule has 0 aliphatic carbocycles. The van der Waals surface area contributed by atoms with Crippen LogP contribution in [-0.4, -0.2) is 25.0 Å². The molecule has 0 fully saturated rings. The molecule has 4 nitrogen and oxygen atoms in total. The largest absolute Gasteiger partial charge is 0.453 e. The third-order valence-corrected chi connectivity index (χ3v) is 1.38. The summed E-state index contributed by atoms with van der Waals surface area (Å²) in [5.41, 5.74) is 0. The Morgan fingerprint density at radius 3 is 2.36 bits per heavy atom. The lowest BCUT2D eigenvalue weighted by molar-refractivity contribution is -0.118. The standard InChI is InChI=1S/C7H13NO3/c1-4-6(5(2)9)8-7(10)11-3/h6H,4H2,1-3H3,(H,8,10)/t6-/m0/s1. The zero-order valence-electron chi connectivity index (χ0n) is 7.01. The van der Waals surface area contributed by atoms with E-state index in [0.717, 1.165) is 0 Å². The second-order valence-corrected chi connectivity index (χ2v) is 2.21. The van der Waals surface area contributed by atoms with E-state index in [1.165, 1.54) is 14.0 Å². The van der Waals surface area contributed by atoms with Gasteiger partial charge in [0.2, 0.25) is 0 Å². The van der Waals surface area contributed by atoms with Gasteiger partial charge in [0.25, 0.3) is 0 Å². The van der Waals surface area contributed by atoms with Crippen LogP contribution in [-0.2, 0) is 9.53 Å². The van der Waals surface area contributed by atoms with E-state index in [1.807, 2.05) is 6.92 Å². The molecule has 11 heavy (non-hydrogen) atoms. The highest BCUT2D eigenvalue weighted by Gasteiger charge is 2.13. The van der Waals surface area contributed by atoms with Crippen LogP contribution in [0.1, 0.15) is 20.3 Å². The molecule has 0 aliphatic rings. The Labute approximate surface area is 65.9 Å². The lowest BCUT2D eigenvalue weighted by Gasteiger charge is -2.11. The first kappa shape index (κ1) is 9.94. The predicted molar refractivity (Wildman–Crippen MR) is 40.3 cm³/mol. The molecule has 1 amide bonds. The van der Waals surface area contributed by atoms with Crippen molar-refractivity contribution in [3.8, 4) is 0 Å². The van der Waals surface area contributed by atoms with Gasteiger partial charge in [0.1, 0.15) is 0 Å². The third kappa shape index (κ3) is 3.60. The number of amides is 1. The number of ether oxygens (including phenoxy) is 1. The second kappa shape index (κ2) is 4.71. The predicted octanol–water partition coefficient (Wildman–Crippen LogP) is 0.710. The number of rotatable bonds is 3. The van der Waals surface area contributed by atoms with Crippen LogP contribution in [0.15, 0.2) is 0 Å². The lowest BCUT2D eigenvalue weighted by atomic mass is 10.1. The van der Waals surface area contributed by atoms with Crippen molar-refractivity contribution in [1.82, 2.24) is 5.32 Å². The molecule has 0 saturated carbocycles. The summed E-state index contributed by atoms with van der Waals surface area (Å²) in [6.07, 6.45) is 0.0248. The summed E-state index contributed by atoms with van der Waals surface area (Å²) in [6, 6.07) is -0.414. The zero-order valence-corrected chi connectivity index (χ0v) is 7.01. The number of carbonyl (C=O) groups excluding carboxylic acids is 2. The number of alkyl carbamates (subject to hydrolysis) is 1. The molecular formula is C7H13NO3. The van der Waals surface area contributed by atoms with Gasteiger partial charge in [-0.05, 0) is 13.3 Å². The third-order valence-electron chi connectivity index (χ3n) is 1.38. The fourth-order valence-corrected chi connectivity index (χ4v) is 0.692. The fraction of sp³-hybridized carbons (Fsp3) is 0.714. The van der Waals surface area contributed by atoms with Crippen molar-refractivity contribution in [1.29, 1.82) is 0 Å². The van der Waals surface area contributed by atoms with E-state index in [2.05, 4.69) is 10.1 Å². The van der Waals surface area contributed by atoms with Crippen LogP contribution in [0.4, 0.5) is 4.79 Å². The fourth-order valence-electron chi connectivity index (χ4n) is 0.692. The number of ketones is 1. The summed E-state index contributed by atoms with van der Waals surface area (Å²) >= 11 is 0. The summed E-state index contributed by atoms with van der Waals surface area (Å²) in [6.45, 7) is 3.26. The normalized spacial score (nSPS) is 11.9. The highest BCUT2D eigenvalue weighted by atomic mass is 16.5. The molecule has 0 saturated heterocycles. The number of Topliss-reactive ketones (excluding diaryl/α,β-unsaturated/α-hetero) is 1. The average Bonchev–Trinajstić information content (AvgIpc) is 1.99. The minimum atomic E-state index is -0.563. The minimum absolute atomic E-state index is 0.0575. The number of hydrogen-bond acceptors (Lipinski definition) is 3. The number of methoxy groups -OCH3 is 1. The molecule has 0 bridgehead atoms. The van der Waals surface area contributed by atoms with Crippen LogP contribution >= 0.6 is 0 Å². The summed E-state index contributed by atoms with van der Waals surface area (Å²) in [4.78, 5) is 21.4. The van der Waals surface area contributed by atoms with Crippen molar-refractivity contribution in [3.63, 3.8) is 0 Å². The summed E-state index contributed by atoms with van der Waals surface area (Å²) in [7, 11) is 1.27. The molecule has 0 rings (SSSR count). The van der Waals surface area contributed by atoms with Crippen LogP contribution in [0.25, 0.3) is 0 Å². The van der Waals surface area contributed by atoms with Crippen molar-refractivity contribution in [2.45, 2.75) is 26.3 Å².